The predicted molar refractivity (Wildman–Crippen MR) is 344 cm³/mol. The molecular formula is C72H142O7. The fourth-order valence-electron chi connectivity index (χ4n) is 10.7. The lowest BCUT2D eigenvalue weighted by atomic mass is 10.0. The van der Waals surface area contributed by atoms with Crippen molar-refractivity contribution in [2.24, 2.45) is 0 Å². The molecule has 0 bridgehead atoms. The van der Waals surface area contributed by atoms with E-state index in [1.165, 1.54) is 295 Å². The second-order valence-corrected chi connectivity index (χ2v) is 24.0. The van der Waals surface area contributed by atoms with Crippen LogP contribution in [-0.4, -0.2) is 53.2 Å². The maximum Gasteiger partial charge on any atom is 0.159 e. The van der Waals surface area contributed by atoms with Crippen LogP contribution in [0, 0.1) is 0 Å². The van der Waals surface area contributed by atoms with E-state index in [0.29, 0.717) is 26.4 Å². The Kier molecular flexibility index (Phi) is 67.8. The Labute approximate surface area is 495 Å². The average molecular weight is 1120 g/mol. The molecule has 7 heteroatoms. The molecule has 0 aliphatic heterocycles. The summed E-state index contributed by atoms with van der Waals surface area (Å²) in [5, 5.41) is 0. The largest absolute Gasteiger partial charge is 0.494 e. The molecule has 0 aliphatic rings. The highest BCUT2D eigenvalue weighted by Crippen LogP contribution is 2.23. The number of hydrogen-bond acceptors (Lipinski definition) is 7. The van der Waals surface area contributed by atoms with Crippen LogP contribution < -0.4 is 0 Å². The van der Waals surface area contributed by atoms with E-state index < -0.39 is 0 Å². The zero-order valence-electron chi connectivity index (χ0n) is 54.7. The summed E-state index contributed by atoms with van der Waals surface area (Å²) >= 11 is 0. The van der Waals surface area contributed by atoms with Gasteiger partial charge in [-0.1, -0.05) is 337 Å². The Hall–Kier alpha value is -1.44. The van der Waals surface area contributed by atoms with E-state index in [1.54, 1.807) is 0 Å². The average Bonchev–Trinajstić information content (AvgIpc) is 3.46. The van der Waals surface area contributed by atoms with E-state index in [9.17, 15) is 0 Å². The first kappa shape index (κ1) is 77.6. The van der Waals surface area contributed by atoms with Crippen molar-refractivity contribution in [1.29, 1.82) is 0 Å². The first-order valence-electron chi connectivity index (χ1n) is 35.9. The van der Waals surface area contributed by atoms with E-state index >= 15 is 0 Å². The Balaban J connectivity index is 5.71. The summed E-state index contributed by atoms with van der Waals surface area (Å²) < 4.78 is 45.1. The highest BCUT2D eigenvalue weighted by molar-refractivity contribution is 5.03. The summed E-state index contributed by atoms with van der Waals surface area (Å²) in [7, 11) is 0. The van der Waals surface area contributed by atoms with E-state index in [1.807, 2.05) is 0 Å². The first-order chi connectivity index (χ1) is 39.2. The van der Waals surface area contributed by atoms with Crippen LogP contribution >= 0.6 is 0 Å². The van der Waals surface area contributed by atoms with Crippen molar-refractivity contribution in [3.8, 4) is 0 Å². The number of unbranched alkanes of at least 4 members (excludes halogenated alkanes) is 46. The molecule has 0 aromatic rings. The minimum Gasteiger partial charge on any atom is -0.494 e. The zero-order valence-corrected chi connectivity index (χ0v) is 54.7. The number of rotatable bonds is 70. The van der Waals surface area contributed by atoms with Crippen molar-refractivity contribution in [3.05, 3.63) is 23.0 Å². The van der Waals surface area contributed by atoms with Crippen LogP contribution in [0.2, 0.25) is 0 Å². The minimum absolute atomic E-state index is 0.130. The van der Waals surface area contributed by atoms with Gasteiger partial charge in [-0.3, -0.25) is 0 Å². The fraction of sp³-hybridized carbons (Fsp3) is 0.944. The van der Waals surface area contributed by atoms with Gasteiger partial charge >= 0.3 is 0 Å². The molecule has 0 aromatic heterocycles. The first-order valence-corrected chi connectivity index (χ1v) is 35.9. The lowest BCUT2D eigenvalue weighted by molar-refractivity contribution is -0.132. The van der Waals surface area contributed by atoms with Crippen LogP contribution in [0.1, 0.15) is 388 Å². The van der Waals surface area contributed by atoms with Crippen molar-refractivity contribution >= 4 is 0 Å². The van der Waals surface area contributed by atoms with Gasteiger partial charge in [0.15, 0.2) is 11.5 Å². The molecule has 0 aromatic carbocycles. The van der Waals surface area contributed by atoms with Crippen molar-refractivity contribution in [3.63, 3.8) is 0 Å². The van der Waals surface area contributed by atoms with Gasteiger partial charge in [0.2, 0.25) is 0 Å². The predicted octanol–water partition coefficient (Wildman–Crippen LogP) is 24.6. The highest BCUT2D eigenvalue weighted by atomic mass is 16.7. The monoisotopic (exact) mass is 1120 g/mol. The van der Waals surface area contributed by atoms with Gasteiger partial charge in [0.05, 0.1) is 26.4 Å². The quantitative estimate of drug-likeness (QED) is 0.0342. The van der Waals surface area contributed by atoms with E-state index in [2.05, 4.69) is 41.5 Å². The molecule has 0 atom stereocenters. The van der Waals surface area contributed by atoms with Gasteiger partial charge in [0.1, 0.15) is 38.3 Å². The standard InChI is InChI=1S/C72H142O7/c1-7-13-19-25-31-33-35-37-39-41-43-45-47-53-59-69(76-61-55-49-27-21-15-9-3)71(78-63-57-51-29-23-17-11-5)65-73-67-75-68-74-66-72(79-64-58-52-30-24-18-12-6)70(77-62-56-50-28-22-16-10-4)60-54-48-46-44-42-40-38-36-34-32-26-20-14-8-2/h7-68H2,1-6H3. The third kappa shape index (κ3) is 59.5. The second-order valence-electron chi connectivity index (χ2n) is 24.0. The Morgan fingerprint density at radius 1 is 0.177 bits per heavy atom. The van der Waals surface area contributed by atoms with E-state index in [0.717, 1.165) is 87.6 Å². The molecule has 0 fully saturated rings. The normalized spacial score (nSPS) is 12.3. The molecular weight excluding hydrogens is 977 g/mol. The lowest BCUT2D eigenvalue weighted by Crippen LogP contribution is -2.14. The summed E-state index contributed by atoms with van der Waals surface area (Å²) in [5.41, 5.74) is 0. The number of hydrogen-bond donors (Lipinski definition) is 0. The molecule has 7 nitrogen and oxygen atoms in total. The van der Waals surface area contributed by atoms with Crippen LogP contribution in [0.4, 0.5) is 0 Å². The smallest absolute Gasteiger partial charge is 0.159 e. The van der Waals surface area contributed by atoms with Crippen LogP contribution in [0.25, 0.3) is 0 Å². The van der Waals surface area contributed by atoms with Crippen LogP contribution in [0.3, 0.4) is 0 Å². The molecule has 0 heterocycles. The Morgan fingerprint density at radius 3 is 0.570 bits per heavy atom. The van der Waals surface area contributed by atoms with Crippen LogP contribution in [0.15, 0.2) is 23.0 Å². The molecule has 0 unspecified atom stereocenters. The van der Waals surface area contributed by atoms with Gasteiger partial charge in [0, 0.05) is 12.8 Å². The summed E-state index contributed by atoms with van der Waals surface area (Å²) in [4.78, 5) is 0. The molecule has 472 valence electrons. The van der Waals surface area contributed by atoms with Crippen molar-refractivity contribution in [1.82, 2.24) is 0 Å². The maximum absolute atomic E-state index is 6.66. The van der Waals surface area contributed by atoms with E-state index in [4.69, 9.17) is 33.2 Å². The van der Waals surface area contributed by atoms with Crippen molar-refractivity contribution < 1.29 is 33.2 Å². The summed E-state index contributed by atoms with van der Waals surface area (Å²) in [6, 6.07) is 0. The molecule has 0 rings (SSSR count). The molecule has 0 radical (unpaired) electrons. The van der Waals surface area contributed by atoms with Crippen LogP contribution in [0.5, 0.6) is 0 Å². The third-order valence-corrected chi connectivity index (χ3v) is 16.0. The fourth-order valence-corrected chi connectivity index (χ4v) is 10.7. The molecule has 0 aliphatic carbocycles. The van der Waals surface area contributed by atoms with Gasteiger partial charge in [-0.25, -0.2) is 0 Å². The van der Waals surface area contributed by atoms with Gasteiger partial charge in [-0.15, -0.1) is 0 Å². The summed E-state index contributed by atoms with van der Waals surface area (Å²) in [6.45, 7) is 17.6. The summed E-state index contributed by atoms with van der Waals surface area (Å²) in [6.07, 6.45) is 69.7. The maximum atomic E-state index is 6.66. The topological polar surface area (TPSA) is 64.6 Å². The Bertz CT molecular complexity index is 1110. The van der Waals surface area contributed by atoms with Gasteiger partial charge in [0.25, 0.3) is 0 Å². The summed E-state index contributed by atoms with van der Waals surface area (Å²) in [5.74, 6) is 3.73. The van der Waals surface area contributed by atoms with Gasteiger partial charge in [-0.05, 0) is 38.5 Å². The Morgan fingerprint density at radius 2 is 0.354 bits per heavy atom. The molecule has 0 N–H and O–H groups in total. The highest BCUT2D eigenvalue weighted by Gasteiger charge is 2.15. The van der Waals surface area contributed by atoms with Gasteiger partial charge in [-0.2, -0.15) is 0 Å². The molecule has 0 saturated heterocycles. The SMILES string of the molecule is CCCCCCCCCCCCCCCCC(OCCCCCCCC)=C(COCOCOCC(OCCCCCCCC)=C(CCCCCCCCCCCCCCCC)OCCCCCCCC)OCCCCCCCC. The van der Waals surface area contributed by atoms with Gasteiger partial charge < -0.3 is 33.2 Å². The van der Waals surface area contributed by atoms with E-state index in [-0.39, 0.29) is 13.6 Å². The number of allylic oxidation sites excluding steroid dienone is 2. The van der Waals surface area contributed by atoms with Crippen LogP contribution in [-0.2, 0) is 33.2 Å². The number of ether oxygens (including phenoxy) is 7. The second kappa shape index (κ2) is 69.1. The molecule has 0 spiro atoms. The molecule has 79 heavy (non-hydrogen) atoms. The third-order valence-electron chi connectivity index (χ3n) is 16.0. The lowest BCUT2D eigenvalue weighted by Gasteiger charge is -2.19. The molecule has 0 saturated carbocycles. The molecule has 0 amide bonds. The van der Waals surface area contributed by atoms with Crippen molar-refractivity contribution in [2.45, 2.75) is 388 Å². The minimum atomic E-state index is 0.130. The van der Waals surface area contributed by atoms with Crippen molar-refractivity contribution in [2.75, 3.05) is 53.2 Å². The zero-order chi connectivity index (χ0) is 57.1.